The van der Waals surface area contributed by atoms with Gasteiger partial charge in [0.1, 0.15) is 5.84 Å². The van der Waals surface area contributed by atoms with Crippen molar-refractivity contribution in [1.82, 2.24) is 9.80 Å². The molecule has 1 fully saturated rings. The van der Waals surface area contributed by atoms with Crippen LogP contribution in [0.25, 0.3) is 0 Å². The van der Waals surface area contributed by atoms with Crippen LogP contribution >= 0.6 is 0 Å². The second-order valence-electron chi connectivity index (χ2n) is 5.59. The molecule has 1 aliphatic rings. The highest BCUT2D eigenvalue weighted by molar-refractivity contribution is 5.87. The highest BCUT2D eigenvalue weighted by Crippen LogP contribution is 2.20. The second-order valence-corrected chi connectivity index (χ2v) is 5.59. The van der Waals surface area contributed by atoms with Crippen molar-refractivity contribution in [2.24, 2.45) is 10.9 Å². The zero-order valence-corrected chi connectivity index (χ0v) is 12.2. The lowest BCUT2D eigenvalue weighted by Gasteiger charge is -2.39. The summed E-state index contributed by atoms with van der Waals surface area (Å²) in [6.45, 7) is 6.14. The molecule has 0 bridgehead atoms. The van der Waals surface area contributed by atoms with E-state index in [1.807, 2.05) is 30.3 Å². The van der Waals surface area contributed by atoms with Crippen LogP contribution in [-0.4, -0.2) is 60.1 Å². The lowest BCUT2D eigenvalue weighted by atomic mass is 9.96. The first-order valence-corrected chi connectivity index (χ1v) is 7.06. The standard InChI is InChI=1S/C15H24N4O/c1-12-10-18(2)8-9-19(12)11-14(15(16)17-20)13-6-4-3-5-7-13/h3-7,12,14,20H,8-11H2,1-2H3,(H2,16,17). The summed E-state index contributed by atoms with van der Waals surface area (Å²) in [4.78, 5) is 4.75. The minimum Gasteiger partial charge on any atom is -0.409 e. The molecule has 2 atom stereocenters. The highest BCUT2D eigenvalue weighted by Gasteiger charge is 2.26. The summed E-state index contributed by atoms with van der Waals surface area (Å²) in [5, 5.41) is 12.3. The number of amidine groups is 1. The summed E-state index contributed by atoms with van der Waals surface area (Å²) in [5.74, 6) is 0.217. The van der Waals surface area contributed by atoms with E-state index in [2.05, 4.69) is 28.9 Å². The Kier molecular flexibility index (Phi) is 4.98. The number of benzene rings is 1. The normalized spacial score (nSPS) is 23.7. The van der Waals surface area contributed by atoms with Gasteiger partial charge in [-0.25, -0.2) is 0 Å². The van der Waals surface area contributed by atoms with Gasteiger partial charge in [0.25, 0.3) is 0 Å². The Balaban J connectivity index is 2.13. The highest BCUT2D eigenvalue weighted by atomic mass is 16.4. The number of piperazine rings is 1. The lowest BCUT2D eigenvalue weighted by Crippen LogP contribution is -2.52. The van der Waals surface area contributed by atoms with Gasteiger partial charge in [-0.05, 0) is 19.5 Å². The van der Waals surface area contributed by atoms with E-state index in [0.29, 0.717) is 6.04 Å². The molecular weight excluding hydrogens is 252 g/mol. The summed E-state index contributed by atoms with van der Waals surface area (Å²) >= 11 is 0. The van der Waals surface area contributed by atoms with E-state index in [1.54, 1.807) is 0 Å². The maximum atomic E-state index is 9.04. The fourth-order valence-electron chi connectivity index (χ4n) is 2.81. The van der Waals surface area contributed by atoms with Gasteiger partial charge in [-0.3, -0.25) is 4.90 Å². The smallest absolute Gasteiger partial charge is 0.147 e. The van der Waals surface area contributed by atoms with Crippen molar-refractivity contribution < 1.29 is 5.21 Å². The molecule has 5 heteroatoms. The molecule has 0 radical (unpaired) electrons. The number of hydrogen-bond acceptors (Lipinski definition) is 4. The molecule has 110 valence electrons. The summed E-state index contributed by atoms with van der Waals surface area (Å²) in [6.07, 6.45) is 0. The maximum absolute atomic E-state index is 9.04. The van der Waals surface area contributed by atoms with Gasteiger partial charge in [-0.15, -0.1) is 0 Å². The molecule has 2 unspecified atom stereocenters. The molecule has 1 aromatic carbocycles. The van der Waals surface area contributed by atoms with Crippen LogP contribution in [0.4, 0.5) is 0 Å². The number of hydrogen-bond donors (Lipinski definition) is 2. The number of oxime groups is 1. The minimum atomic E-state index is -0.0629. The van der Waals surface area contributed by atoms with Crippen molar-refractivity contribution in [2.75, 3.05) is 33.2 Å². The van der Waals surface area contributed by atoms with Crippen LogP contribution in [0.2, 0.25) is 0 Å². The predicted molar refractivity (Wildman–Crippen MR) is 81.1 cm³/mol. The third-order valence-corrected chi connectivity index (χ3v) is 4.06. The quantitative estimate of drug-likeness (QED) is 0.375. The molecule has 0 aliphatic carbocycles. The van der Waals surface area contributed by atoms with Crippen molar-refractivity contribution in [3.63, 3.8) is 0 Å². The van der Waals surface area contributed by atoms with Crippen molar-refractivity contribution in [3.05, 3.63) is 35.9 Å². The molecule has 0 saturated carbocycles. The molecule has 1 saturated heterocycles. The average molecular weight is 276 g/mol. The second kappa shape index (κ2) is 6.72. The SMILES string of the molecule is CC1CN(C)CCN1CC(/C(N)=N/O)c1ccccc1. The Hall–Kier alpha value is -1.59. The molecule has 1 heterocycles. The van der Waals surface area contributed by atoms with E-state index < -0.39 is 0 Å². The van der Waals surface area contributed by atoms with E-state index in [0.717, 1.165) is 31.7 Å². The third kappa shape index (κ3) is 3.49. The lowest BCUT2D eigenvalue weighted by molar-refractivity contribution is 0.0988. The zero-order valence-electron chi connectivity index (χ0n) is 12.2. The summed E-state index contributed by atoms with van der Waals surface area (Å²) in [6, 6.07) is 10.5. The van der Waals surface area contributed by atoms with Crippen LogP contribution in [0.1, 0.15) is 18.4 Å². The topological polar surface area (TPSA) is 65.1 Å². The van der Waals surface area contributed by atoms with E-state index >= 15 is 0 Å². The monoisotopic (exact) mass is 276 g/mol. The van der Waals surface area contributed by atoms with Gasteiger partial charge in [0.05, 0.1) is 5.92 Å². The third-order valence-electron chi connectivity index (χ3n) is 4.06. The van der Waals surface area contributed by atoms with Gasteiger partial charge in [0.15, 0.2) is 0 Å². The molecule has 0 aromatic heterocycles. The molecule has 0 amide bonds. The van der Waals surface area contributed by atoms with E-state index in [1.165, 1.54) is 0 Å². The first-order valence-electron chi connectivity index (χ1n) is 7.06. The summed E-state index contributed by atoms with van der Waals surface area (Å²) in [7, 11) is 2.14. The average Bonchev–Trinajstić information content (AvgIpc) is 2.46. The van der Waals surface area contributed by atoms with Gasteiger partial charge < -0.3 is 15.8 Å². The van der Waals surface area contributed by atoms with Gasteiger partial charge in [0.2, 0.25) is 0 Å². The van der Waals surface area contributed by atoms with E-state index in [4.69, 9.17) is 10.9 Å². The Bertz CT molecular complexity index is 448. The Morgan fingerprint density at radius 3 is 2.70 bits per heavy atom. The first-order chi connectivity index (χ1) is 9.61. The van der Waals surface area contributed by atoms with E-state index in [9.17, 15) is 0 Å². The first kappa shape index (κ1) is 14.8. The zero-order chi connectivity index (χ0) is 14.5. The van der Waals surface area contributed by atoms with Gasteiger partial charge in [-0.2, -0.15) is 0 Å². The largest absolute Gasteiger partial charge is 0.409 e. The Morgan fingerprint density at radius 1 is 1.40 bits per heavy atom. The van der Waals surface area contributed by atoms with Crippen molar-refractivity contribution in [2.45, 2.75) is 18.9 Å². The van der Waals surface area contributed by atoms with Crippen LogP contribution in [0.5, 0.6) is 0 Å². The molecule has 2 rings (SSSR count). The fraction of sp³-hybridized carbons (Fsp3) is 0.533. The summed E-state index contributed by atoms with van der Waals surface area (Å²) < 4.78 is 0. The van der Waals surface area contributed by atoms with Crippen LogP contribution in [0, 0.1) is 0 Å². The van der Waals surface area contributed by atoms with Gasteiger partial charge >= 0.3 is 0 Å². The van der Waals surface area contributed by atoms with Gasteiger partial charge in [0, 0.05) is 32.2 Å². The molecule has 1 aliphatic heterocycles. The van der Waals surface area contributed by atoms with Crippen molar-refractivity contribution in [1.29, 1.82) is 0 Å². The molecule has 5 nitrogen and oxygen atoms in total. The van der Waals surface area contributed by atoms with E-state index in [-0.39, 0.29) is 11.8 Å². The fourth-order valence-corrected chi connectivity index (χ4v) is 2.81. The number of nitrogens with two attached hydrogens (primary N) is 1. The molecular formula is C15H24N4O. The maximum Gasteiger partial charge on any atom is 0.147 e. The molecule has 3 N–H and O–H groups in total. The van der Waals surface area contributed by atoms with Crippen molar-refractivity contribution >= 4 is 5.84 Å². The Labute approximate surface area is 120 Å². The van der Waals surface area contributed by atoms with Crippen LogP contribution in [0.3, 0.4) is 0 Å². The van der Waals surface area contributed by atoms with Crippen LogP contribution < -0.4 is 5.73 Å². The molecule has 1 aromatic rings. The number of rotatable bonds is 4. The van der Waals surface area contributed by atoms with Crippen LogP contribution in [0.15, 0.2) is 35.5 Å². The van der Waals surface area contributed by atoms with Gasteiger partial charge in [-0.1, -0.05) is 35.5 Å². The van der Waals surface area contributed by atoms with Crippen molar-refractivity contribution in [3.8, 4) is 0 Å². The molecule has 0 spiro atoms. The number of nitrogens with zero attached hydrogens (tertiary/aromatic N) is 3. The Morgan fingerprint density at radius 2 is 2.10 bits per heavy atom. The molecule has 20 heavy (non-hydrogen) atoms. The predicted octanol–water partition coefficient (Wildman–Crippen LogP) is 1.15. The summed E-state index contributed by atoms with van der Waals surface area (Å²) in [5.41, 5.74) is 6.99. The number of likely N-dealkylation sites (N-methyl/N-ethyl adjacent to an activating group) is 1. The minimum absolute atomic E-state index is 0.0629. The van der Waals surface area contributed by atoms with Crippen LogP contribution in [-0.2, 0) is 0 Å².